The van der Waals surface area contributed by atoms with E-state index in [2.05, 4.69) is 0 Å². The molecule has 2 N–H and O–H groups in total. The zero-order chi connectivity index (χ0) is 8.97. The molecule has 0 saturated carbocycles. The molecule has 0 saturated heterocycles. The Morgan fingerprint density at radius 2 is 2.17 bits per heavy atom. The highest BCUT2D eigenvalue weighted by atomic mass is 16.5. The molecule has 1 rings (SSSR count). The predicted octanol–water partition coefficient (Wildman–Crippen LogP) is 1.85. The summed E-state index contributed by atoms with van der Waals surface area (Å²) in [5.41, 5.74) is 7.80. The number of para-hydroxylation sites is 1. The van der Waals surface area contributed by atoms with Crippen LogP contribution in [0.4, 0.5) is 0 Å². The van der Waals surface area contributed by atoms with Gasteiger partial charge in [0.2, 0.25) is 0 Å². The summed E-state index contributed by atoms with van der Waals surface area (Å²) in [4.78, 5) is 0. The molecule has 2 heteroatoms. The van der Waals surface area contributed by atoms with E-state index in [0.29, 0.717) is 13.2 Å². The lowest BCUT2D eigenvalue weighted by Crippen LogP contribution is -2.03. The van der Waals surface area contributed by atoms with E-state index in [1.165, 1.54) is 0 Å². The molecule has 0 unspecified atom stereocenters. The number of rotatable bonds is 3. The Labute approximate surface area is 73.3 Å². The molecule has 0 aliphatic carbocycles. The first-order chi connectivity index (χ1) is 5.79. The summed E-state index contributed by atoms with van der Waals surface area (Å²) in [7, 11) is 0. The van der Waals surface area contributed by atoms with Gasteiger partial charge in [0.05, 0.1) is 6.61 Å². The third-order valence-electron chi connectivity index (χ3n) is 1.80. The van der Waals surface area contributed by atoms with Crippen molar-refractivity contribution in [2.45, 2.75) is 20.4 Å². The maximum atomic E-state index is 5.57. The number of nitrogens with two attached hydrogens (primary N) is 1. The fourth-order valence-corrected chi connectivity index (χ4v) is 1.22. The van der Waals surface area contributed by atoms with Crippen molar-refractivity contribution in [3.05, 3.63) is 29.3 Å². The molecule has 0 heterocycles. The third-order valence-corrected chi connectivity index (χ3v) is 1.80. The van der Waals surface area contributed by atoms with Gasteiger partial charge in [-0.1, -0.05) is 18.2 Å². The quantitative estimate of drug-likeness (QED) is 0.741. The van der Waals surface area contributed by atoms with E-state index in [-0.39, 0.29) is 0 Å². The van der Waals surface area contributed by atoms with Crippen LogP contribution in [0.2, 0.25) is 0 Å². The zero-order valence-electron chi connectivity index (χ0n) is 7.63. The van der Waals surface area contributed by atoms with Crippen LogP contribution < -0.4 is 10.5 Å². The standard InChI is InChI=1S/C10H15NO/c1-3-12-10-8(2)5-4-6-9(10)7-11/h4-6H,3,7,11H2,1-2H3. The first-order valence-electron chi connectivity index (χ1n) is 4.21. The summed E-state index contributed by atoms with van der Waals surface area (Å²) in [6.07, 6.45) is 0. The van der Waals surface area contributed by atoms with E-state index < -0.39 is 0 Å². The topological polar surface area (TPSA) is 35.2 Å². The van der Waals surface area contributed by atoms with Crippen molar-refractivity contribution in [3.63, 3.8) is 0 Å². The molecule has 0 atom stereocenters. The predicted molar refractivity (Wildman–Crippen MR) is 50.2 cm³/mol. The average molecular weight is 165 g/mol. The monoisotopic (exact) mass is 165 g/mol. The van der Waals surface area contributed by atoms with E-state index in [0.717, 1.165) is 16.9 Å². The van der Waals surface area contributed by atoms with E-state index >= 15 is 0 Å². The summed E-state index contributed by atoms with van der Waals surface area (Å²) < 4.78 is 5.48. The lowest BCUT2D eigenvalue weighted by Gasteiger charge is -2.10. The number of benzene rings is 1. The minimum Gasteiger partial charge on any atom is -0.493 e. The van der Waals surface area contributed by atoms with Gasteiger partial charge in [-0.15, -0.1) is 0 Å². The summed E-state index contributed by atoms with van der Waals surface area (Å²) in [5.74, 6) is 0.947. The number of aryl methyl sites for hydroxylation is 1. The highest BCUT2D eigenvalue weighted by Crippen LogP contribution is 2.22. The van der Waals surface area contributed by atoms with E-state index in [9.17, 15) is 0 Å². The van der Waals surface area contributed by atoms with Crippen LogP contribution in [0.15, 0.2) is 18.2 Å². The number of ether oxygens (including phenoxy) is 1. The zero-order valence-corrected chi connectivity index (χ0v) is 7.63. The van der Waals surface area contributed by atoms with Crippen molar-refractivity contribution >= 4 is 0 Å². The maximum absolute atomic E-state index is 5.57. The van der Waals surface area contributed by atoms with Crippen molar-refractivity contribution in [2.24, 2.45) is 5.73 Å². The minimum absolute atomic E-state index is 0.539. The van der Waals surface area contributed by atoms with Gasteiger partial charge in [-0.25, -0.2) is 0 Å². The van der Waals surface area contributed by atoms with Crippen LogP contribution in [0, 0.1) is 6.92 Å². The van der Waals surface area contributed by atoms with Crippen LogP contribution in [0.5, 0.6) is 5.75 Å². The molecule has 0 amide bonds. The first-order valence-corrected chi connectivity index (χ1v) is 4.21. The molecule has 0 aliphatic heterocycles. The Morgan fingerprint density at radius 1 is 1.42 bits per heavy atom. The molecular formula is C10H15NO. The van der Waals surface area contributed by atoms with Gasteiger partial charge in [-0.3, -0.25) is 0 Å². The van der Waals surface area contributed by atoms with Gasteiger partial charge >= 0.3 is 0 Å². The SMILES string of the molecule is CCOc1c(C)cccc1CN. The van der Waals surface area contributed by atoms with E-state index in [1.54, 1.807) is 0 Å². The molecule has 12 heavy (non-hydrogen) atoms. The molecule has 1 aromatic rings. The largest absolute Gasteiger partial charge is 0.493 e. The molecule has 0 aliphatic rings. The van der Waals surface area contributed by atoms with Gasteiger partial charge in [0, 0.05) is 12.1 Å². The average Bonchev–Trinajstić information content (AvgIpc) is 2.09. The first kappa shape index (κ1) is 9.07. The molecule has 0 bridgehead atoms. The molecule has 0 fully saturated rings. The Bertz CT molecular complexity index is 258. The lowest BCUT2D eigenvalue weighted by molar-refractivity contribution is 0.334. The van der Waals surface area contributed by atoms with Gasteiger partial charge < -0.3 is 10.5 Å². The second kappa shape index (κ2) is 4.12. The molecule has 0 radical (unpaired) electrons. The smallest absolute Gasteiger partial charge is 0.126 e. The van der Waals surface area contributed by atoms with Gasteiger partial charge in [0.1, 0.15) is 5.75 Å². The van der Waals surface area contributed by atoms with Gasteiger partial charge in [0.15, 0.2) is 0 Å². The van der Waals surface area contributed by atoms with Crippen molar-refractivity contribution in [1.29, 1.82) is 0 Å². The summed E-state index contributed by atoms with van der Waals surface area (Å²) in [5, 5.41) is 0. The van der Waals surface area contributed by atoms with Crippen LogP contribution in [0.3, 0.4) is 0 Å². The second-order valence-corrected chi connectivity index (χ2v) is 2.70. The van der Waals surface area contributed by atoms with Crippen molar-refractivity contribution in [3.8, 4) is 5.75 Å². The minimum atomic E-state index is 0.539. The van der Waals surface area contributed by atoms with Crippen LogP contribution in [-0.4, -0.2) is 6.61 Å². The van der Waals surface area contributed by atoms with Crippen LogP contribution >= 0.6 is 0 Å². The highest BCUT2D eigenvalue weighted by Gasteiger charge is 2.03. The Kier molecular flexibility index (Phi) is 3.11. The van der Waals surface area contributed by atoms with Crippen LogP contribution in [0.25, 0.3) is 0 Å². The van der Waals surface area contributed by atoms with Crippen LogP contribution in [0.1, 0.15) is 18.1 Å². The normalized spacial score (nSPS) is 9.92. The molecule has 0 spiro atoms. The fourth-order valence-electron chi connectivity index (χ4n) is 1.22. The molecule has 0 aromatic heterocycles. The molecular weight excluding hydrogens is 150 g/mol. The van der Waals surface area contributed by atoms with Gasteiger partial charge in [-0.05, 0) is 19.4 Å². The van der Waals surface area contributed by atoms with Gasteiger partial charge in [0.25, 0.3) is 0 Å². The Balaban J connectivity index is 3.02. The summed E-state index contributed by atoms with van der Waals surface area (Å²) in [6, 6.07) is 6.03. The molecule has 1 aromatic carbocycles. The Hall–Kier alpha value is -1.02. The lowest BCUT2D eigenvalue weighted by atomic mass is 10.1. The van der Waals surface area contributed by atoms with E-state index in [1.807, 2.05) is 32.0 Å². The highest BCUT2D eigenvalue weighted by molar-refractivity contribution is 5.40. The number of hydrogen-bond donors (Lipinski definition) is 1. The number of hydrogen-bond acceptors (Lipinski definition) is 2. The van der Waals surface area contributed by atoms with Gasteiger partial charge in [-0.2, -0.15) is 0 Å². The van der Waals surface area contributed by atoms with E-state index in [4.69, 9.17) is 10.5 Å². The second-order valence-electron chi connectivity index (χ2n) is 2.70. The van der Waals surface area contributed by atoms with Crippen molar-refractivity contribution in [2.75, 3.05) is 6.61 Å². The summed E-state index contributed by atoms with van der Waals surface area (Å²) in [6.45, 7) is 5.24. The van der Waals surface area contributed by atoms with Crippen molar-refractivity contribution < 1.29 is 4.74 Å². The molecule has 66 valence electrons. The Morgan fingerprint density at radius 3 is 2.75 bits per heavy atom. The maximum Gasteiger partial charge on any atom is 0.126 e. The fraction of sp³-hybridized carbons (Fsp3) is 0.400. The third kappa shape index (κ3) is 1.77. The van der Waals surface area contributed by atoms with Crippen LogP contribution in [-0.2, 0) is 6.54 Å². The summed E-state index contributed by atoms with van der Waals surface area (Å²) >= 11 is 0. The molecule has 2 nitrogen and oxygen atoms in total. The van der Waals surface area contributed by atoms with Crippen molar-refractivity contribution in [1.82, 2.24) is 0 Å².